The second-order valence-electron chi connectivity index (χ2n) is 3.80. The highest BCUT2D eigenvalue weighted by Crippen LogP contribution is 2.26. The van der Waals surface area contributed by atoms with Crippen molar-refractivity contribution >= 4 is 17.2 Å². The third kappa shape index (κ3) is 2.63. The van der Waals surface area contributed by atoms with E-state index in [0.717, 1.165) is 12.0 Å². The fraction of sp³-hybridized carbons (Fsp3) is 0.154. The standard InChI is InChI=1S/C13H13N3O2/c1-2-10-7-8-13(14-9-10)15-11-5-3-4-6-12(11)16(17)18/h3-9H,2H2,1H3,(H,14,15). The average molecular weight is 243 g/mol. The first-order valence-corrected chi connectivity index (χ1v) is 5.66. The van der Waals surface area contributed by atoms with Gasteiger partial charge in [0.1, 0.15) is 11.5 Å². The van der Waals surface area contributed by atoms with Gasteiger partial charge in [0.25, 0.3) is 5.69 Å². The number of nitro benzene ring substituents is 1. The third-order valence-corrected chi connectivity index (χ3v) is 2.60. The molecule has 0 unspecified atom stereocenters. The van der Waals surface area contributed by atoms with E-state index in [-0.39, 0.29) is 5.69 Å². The number of hydrogen-bond acceptors (Lipinski definition) is 4. The Balaban J connectivity index is 2.25. The van der Waals surface area contributed by atoms with Crippen LogP contribution in [0.4, 0.5) is 17.2 Å². The van der Waals surface area contributed by atoms with E-state index in [1.807, 2.05) is 19.1 Å². The molecule has 0 saturated heterocycles. The van der Waals surface area contributed by atoms with Gasteiger partial charge in [0, 0.05) is 12.3 Å². The Morgan fingerprint density at radius 1 is 1.28 bits per heavy atom. The van der Waals surface area contributed by atoms with Crippen LogP contribution >= 0.6 is 0 Å². The zero-order valence-electron chi connectivity index (χ0n) is 9.96. The maximum absolute atomic E-state index is 10.9. The first kappa shape index (κ1) is 12.0. The normalized spacial score (nSPS) is 10.1. The Kier molecular flexibility index (Phi) is 3.52. The largest absolute Gasteiger partial charge is 0.335 e. The summed E-state index contributed by atoms with van der Waals surface area (Å²) in [4.78, 5) is 14.7. The highest BCUT2D eigenvalue weighted by atomic mass is 16.6. The molecule has 0 fully saturated rings. The van der Waals surface area contributed by atoms with Gasteiger partial charge in [-0.2, -0.15) is 0 Å². The van der Waals surface area contributed by atoms with Crippen LogP contribution in [0.1, 0.15) is 12.5 Å². The van der Waals surface area contributed by atoms with E-state index >= 15 is 0 Å². The predicted octanol–water partition coefficient (Wildman–Crippen LogP) is 3.30. The summed E-state index contributed by atoms with van der Waals surface area (Å²) in [6.07, 6.45) is 2.68. The highest BCUT2D eigenvalue weighted by molar-refractivity contribution is 5.67. The van der Waals surface area contributed by atoms with Crippen molar-refractivity contribution in [1.29, 1.82) is 0 Å². The first-order valence-electron chi connectivity index (χ1n) is 5.66. The molecule has 18 heavy (non-hydrogen) atoms. The van der Waals surface area contributed by atoms with Gasteiger partial charge in [0.05, 0.1) is 4.92 Å². The highest BCUT2D eigenvalue weighted by Gasteiger charge is 2.12. The molecule has 1 N–H and O–H groups in total. The molecule has 0 aliphatic carbocycles. The van der Waals surface area contributed by atoms with Crippen molar-refractivity contribution in [2.75, 3.05) is 5.32 Å². The molecule has 5 heteroatoms. The van der Waals surface area contributed by atoms with Crippen LogP contribution in [0.25, 0.3) is 0 Å². The van der Waals surface area contributed by atoms with Crippen molar-refractivity contribution in [2.45, 2.75) is 13.3 Å². The van der Waals surface area contributed by atoms with Crippen LogP contribution in [0.2, 0.25) is 0 Å². The minimum atomic E-state index is -0.414. The minimum Gasteiger partial charge on any atom is -0.335 e. The van der Waals surface area contributed by atoms with Crippen LogP contribution in [-0.4, -0.2) is 9.91 Å². The summed E-state index contributed by atoms with van der Waals surface area (Å²) in [7, 11) is 0. The second-order valence-corrected chi connectivity index (χ2v) is 3.80. The third-order valence-electron chi connectivity index (χ3n) is 2.60. The molecule has 0 aliphatic heterocycles. The van der Waals surface area contributed by atoms with Crippen molar-refractivity contribution in [2.24, 2.45) is 0 Å². The van der Waals surface area contributed by atoms with Gasteiger partial charge < -0.3 is 5.32 Å². The molecule has 1 heterocycles. The molecular formula is C13H13N3O2. The molecule has 0 bridgehead atoms. The van der Waals surface area contributed by atoms with Gasteiger partial charge in [-0.05, 0) is 24.1 Å². The lowest BCUT2D eigenvalue weighted by Crippen LogP contribution is -1.98. The second kappa shape index (κ2) is 5.27. The van der Waals surface area contributed by atoms with E-state index < -0.39 is 4.92 Å². The molecule has 5 nitrogen and oxygen atoms in total. The summed E-state index contributed by atoms with van der Waals surface area (Å²) in [6, 6.07) is 10.3. The number of aryl methyl sites for hydroxylation is 1. The first-order chi connectivity index (χ1) is 8.70. The summed E-state index contributed by atoms with van der Waals surface area (Å²) in [6.45, 7) is 2.05. The van der Waals surface area contributed by atoms with Gasteiger partial charge in [-0.15, -0.1) is 0 Å². The zero-order chi connectivity index (χ0) is 13.0. The monoisotopic (exact) mass is 243 g/mol. The molecule has 0 aliphatic rings. The summed E-state index contributed by atoms with van der Waals surface area (Å²) >= 11 is 0. The van der Waals surface area contributed by atoms with Gasteiger partial charge in [-0.1, -0.05) is 25.1 Å². The molecule has 0 amide bonds. The maximum atomic E-state index is 10.9. The maximum Gasteiger partial charge on any atom is 0.292 e. The number of nitrogens with zero attached hydrogens (tertiary/aromatic N) is 2. The smallest absolute Gasteiger partial charge is 0.292 e. The number of hydrogen-bond donors (Lipinski definition) is 1. The van der Waals surface area contributed by atoms with E-state index in [4.69, 9.17) is 0 Å². The number of aromatic nitrogens is 1. The number of nitrogens with one attached hydrogen (secondary N) is 1. The zero-order valence-corrected chi connectivity index (χ0v) is 9.96. The number of nitro groups is 1. The number of anilines is 2. The Morgan fingerprint density at radius 3 is 2.67 bits per heavy atom. The molecule has 0 radical (unpaired) electrons. The van der Waals surface area contributed by atoms with Gasteiger partial charge >= 0.3 is 0 Å². The van der Waals surface area contributed by atoms with Crippen LogP contribution < -0.4 is 5.32 Å². The lowest BCUT2D eigenvalue weighted by atomic mass is 10.2. The molecule has 1 aromatic heterocycles. The van der Waals surface area contributed by atoms with E-state index in [0.29, 0.717) is 11.5 Å². The number of rotatable bonds is 4. The van der Waals surface area contributed by atoms with E-state index in [1.165, 1.54) is 6.07 Å². The van der Waals surface area contributed by atoms with Crippen molar-refractivity contribution in [3.05, 3.63) is 58.3 Å². The summed E-state index contributed by atoms with van der Waals surface area (Å²) in [5.74, 6) is 0.599. The Bertz CT molecular complexity index is 552. The Morgan fingerprint density at radius 2 is 2.06 bits per heavy atom. The van der Waals surface area contributed by atoms with Crippen LogP contribution in [0.15, 0.2) is 42.6 Å². The molecule has 2 aromatic rings. The lowest BCUT2D eigenvalue weighted by molar-refractivity contribution is -0.383. The lowest BCUT2D eigenvalue weighted by Gasteiger charge is -2.06. The average Bonchev–Trinajstić information content (AvgIpc) is 2.40. The molecular weight excluding hydrogens is 230 g/mol. The molecule has 2 rings (SSSR count). The van der Waals surface area contributed by atoms with Crippen LogP contribution in [0.3, 0.4) is 0 Å². The molecule has 92 valence electrons. The fourth-order valence-electron chi connectivity index (χ4n) is 1.58. The van der Waals surface area contributed by atoms with Gasteiger partial charge in [0.2, 0.25) is 0 Å². The van der Waals surface area contributed by atoms with E-state index in [2.05, 4.69) is 10.3 Å². The molecule has 0 atom stereocenters. The SMILES string of the molecule is CCc1ccc(Nc2ccccc2[N+](=O)[O-])nc1. The Labute approximate surface area is 105 Å². The molecule has 1 aromatic carbocycles. The molecule has 0 spiro atoms. The minimum absolute atomic E-state index is 0.0406. The number of benzene rings is 1. The van der Waals surface area contributed by atoms with Crippen molar-refractivity contribution in [1.82, 2.24) is 4.98 Å². The van der Waals surface area contributed by atoms with E-state index in [9.17, 15) is 10.1 Å². The summed E-state index contributed by atoms with van der Waals surface area (Å²) in [5, 5.41) is 13.8. The summed E-state index contributed by atoms with van der Waals surface area (Å²) in [5.41, 5.74) is 1.61. The quantitative estimate of drug-likeness (QED) is 0.660. The summed E-state index contributed by atoms with van der Waals surface area (Å²) < 4.78 is 0. The van der Waals surface area contributed by atoms with Crippen molar-refractivity contribution in [3.63, 3.8) is 0 Å². The van der Waals surface area contributed by atoms with Crippen LogP contribution in [0, 0.1) is 10.1 Å². The topological polar surface area (TPSA) is 68.1 Å². The van der Waals surface area contributed by atoms with Gasteiger partial charge in [-0.3, -0.25) is 10.1 Å². The fourth-order valence-corrected chi connectivity index (χ4v) is 1.58. The van der Waals surface area contributed by atoms with Crippen LogP contribution in [0.5, 0.6) is 0 Å². The van der Waals surface area contributed by atoms with Crippen molar-refractivity contribution < 1.29 is 4.92 Å². The van der Waals surface area contributed by atoms with Crippen molar-refractivity contribution in [3.8, 4) is 0 Å². The Hall–Kier alpha value is -2.43. The number of pyridine rings is 1. The molecule has 0 saturated carbocycles. The van der Waals surface area contributed by atoms with E-state index in [1.54, 1.807) is 24.4 Å². The van der Waals surface area contributed by atoms with Gasteiger partial charge in [0.15, 0.2) is 0 Å². The van der Waals surface area contributed by atoms with Crippen LogP contribution in [-0.2, 0) is 6.42 Å². The van der Waals surface area contributed by atoms with Gasteiger partial charge in [-0.25, -0.2) is 4.98 Å². The predicted molar refractivity (Wildman–Crippen MR) is 70.0 cm³/mol. The number of para-hydroxylation sites is 2.